The number of hydrogen-bond acceptors (Lipinski definition) is 3. The smallest absolute Gasteiger partial charge is 0.260 e. The van der Waals surface area contributed by atoms with Crippen molar-refractivity contribution in [3.63, 3.8) is 0 Å². The van der Waals surface area contributed by atoms with Crippen LogP contribution in [0.3, 0.4) is 0 Å². The minimum atomic E-state index is -0.508. The Bertz CT molecular complexity index is 497. The Morgan fingerprint density at radius 1 is 1.18 bits per heavy atom. The van der Waals surface area contributed by atoms with Crippen molar-refractivity contribution in [2.24, 2.45) is 0 Å². The molecule has 0 aliphatic heterocycles. The Balaban J connectivity index is 2.44. The van der Waals surface area contributed by atoms with Gasteiger partial charge in [0.25, 0.3) is 5.91 Å². The van der Waals surface area contributed by atoms with Gasteiger partial charge in [-0.2, -0.15) is 0 Å². The average Bonchev–Trinajstić information content (AvgIpc) is 2.43. The lowest BCUT2D eigenvalue weighted by molar-refractivity contribution is -0.127. The van der Waals surface area contributed by atoms with E-state index >= 15 is 0 Å². The minimum Gasteiger partial charge on any atom is -0.481 e. The van der Waals surface area contributed by atoms with Gasteiger partial charge < -0.3 is 14.8 Å². The Hall–Kier alpha value is -1.55. The quantitative estimate of drug-likeness (QED) is 0.750. The first-order valence-corrected chi connectivity index (χ1v) is 7.95. The van der Waals surface area contributed by atoms with E-state index < -0.39 is 6.10 Å². The molecule has 0 spiro atoms. The topological polar surface area (TPSA) is 47.6 Å². The van der Waals surface area contributed by atoms with Crippen LogP contribution < -0.4 is 10.1 Å². The van der Waals surface area contributed by atoms with E-state index in [1.54, 1.807) is 6.92 Å². The minimum absolute atomic E-state index is 0.0943. The molecule has 1 N–H and O–H groups in total. The van der Waals surface area contributed by atoms with E-state index in [9.17, 15) is 4.79 Å². The SMILES string of the molecule is Cc1cc(C)c(C)c(OC(C)C(=O)NCCCOC(C)C)c1. The molecule has 1 unspecified atom stereocenters. The van der Waals surface area contributed by atoms with Gasteiger partial charge in [0.05, 0.1) is 6.10 Å². The van der Waals surface area contributed by atoms with Crippen LogP contribution in [-0.4, -0.2) is 31.3 Å². The summed E-state index contributed by atoms with van der Waals surface area (Å²) >= 11 is 0. The summed E-state index contributed by atoms with van der Waals surface area (Å²) in [5.41, 5.74) is 3.39. The molecule has 0 aliphatic rings. The van der Waals surface area contributed by atoms with Crippen LogP contribution in [0.4, 0.5) is 0 Å². The van der Waals surface area contributed by atoms with Crippen molar-refractivity contribution in [2.45, 2.75) is 60.2 Å². The molecular weight excluding hydrogens is 278 g/mol. The second kappa shape index (κ2) is 8.79. The molecule has 1 amide bonds. The van der Waals surface area contributed by atoms with Crippen molar-refractivity contribution >= 4 is 5.91 Å². The average molecular weight is 307 g/mol. The fourth-order valence-electron chi connectivity index (χ4n) is 2.11. The number of ether oxygens (including phenoxy) is 2. The molecule has 4 nitrogen and oxygen atoms in total. The van der Waals surface area contributed by atoms with Gasteiger partial charge in [-0.15, -0.1) is 0 Å². The summed E-state index contributed by atoms with van der Waals surface area (Å²) in [5.74, 6) is 0.686. The van der Waals surface area contributed by atoms with Crippen LogP contribution in [0.25, 0.3) is 0 Å². The molecule has 0 saturated heterocycles. The molecule has 0 bridgehead atoms. The van der Waals surface area contributed by atoms with Gasteiger partial charge in [-0.3, -0.25) is 4.79 Å². The lowest BCUT2D eigenvalue weighted by Gasteiger charge is -2.18. The first-order valence-electron chi connectivity index (χ1n) is 7.95. The van der Waals surface area contributed by atoms with Crippen molar-refractivity contribution in [1.82, 2.24) is 5.32 Å². The van der Waals surface area contributed by atoms with Crippen molar-refractivity contribution in [3.8, 4) is 5.75 Å². The highest BCUT2D eigenvalue weighted by Crippen LogP contribution is 2.24. The van der Waals surface area contributed by atoms with Gasteiger partial charge in [-0.25, -0.2) is 0 Å². The zero-order valence-electron chi connectivity index (χ0n) is 14.7. The van der Waals surface area contributed by atoms with Crippen LogP contribution in [0.2, 0.25) is 0 Å². The van der Waals surface area contributed by atoms with Crippen molar-refractivity contribution in [3.05, 3.63) is 28.8 Å². The van der Waals surface area contributed by atoms with Gasteiger partial charge in [-0.1, -0.05) is 6.07 Å². The molecule has 1 aromatic rings. The standard InChI is InChI=1S/C18H29NO3/c1-12(2)21-9-7-8-19-18(20)16(6)22-17-11-13(3)10-14(4)15(17)5/h10-12,16H,7-9H2,1-6H3,(H,19,20). The molecule has 0 fully saturated rings. The summed E-state index contributed by atoms with van der Waals surface area (Å²) in [6, 6.07) is 4.09. The number of carbonyl (C=O) groups excluding carboxylic acids is 1. The van der Waals surface area contributed by atoms with Crippen molar-refractivity contribution in [2.75, 3.05) is 13.2 Å². The van der Waals surface area contributed by atoms with Crippen LogP contribution in [-0.2, 0) is 9.53 Å². The largest absolute Gasteiger partial charge is 0.481 e. The zero-order chi connectivity index (χ0) is 16.7. The summed E-state index contributed by atoms with van der Waals surface area (Å²) in [6.07, 6.45) is 0.524. The third-order valence-electron chi connectivity index (χ3n) is 3.51. The Kier molecular flexibility index (Phi) is 7.39. The molecule has 0 saturated carbocycles. The number of aryl methyl sites for hydroxylation is 2. The van der Waals surface area contributed by atoms with E-state index in [0.717, 1.165) is 23.3 Å². The number of hydrogen-bond donors (Lipinski definition) is 1. The van der Waals surface area contributed by atoms with Gasteiger partial charge in [0.1, 0.15) is 5.75 Å². The lowest BCUT2D eigenvalue weighted by Crippen LogP contribution is -2.37. The predicted molar refractivity (Wildman–Crippen MR) is 89.5 cm³/mol. The van der Waals surface area contributed by atoms with E-state index in [-0.39, 0.29) is 12.0 Å². The van der Waals surface area contributed by atoms with E-state index in [1.807, 2.05) is 33.8 Å². The lowest BCUT2D eigenvalue weighted by atomic mass is 10.1. The fraction of sp³-hybridized carbons (Fsp3) is 0.611. The highest BCUT2D eigenvalue weighted by molar-refractivity contribution is 5.80. The Morgan fingerprint density at radius 3 is 2.50 bits per heavy atom. The zero-order valence-corrected chi connectivity index (χ0v) is 14.7. The maximum absolute atomic E-state index is 12.0. The number of rotatable bonds is 8. The fourth-order valence-corrected chi connectivity index (χ4v) is 2.11. The van der Waals surface area contributed by atoms with Crippen LogP contribution in [0.1, 0.15) is 43.9 Å². The molecule has 0 radical (unpaired) electrons. The summed E-state index contributed by atoms with van der Waals surface area (Å²) in [4.78, 5) is 12.0. The maximum atomic E-state index is 12.0. The summed E-state index contributed by atoms with van der Waals surface area (Å²) in [6.45, 7) is 13.1. The number of benzene rings is 1. The van der Waals surface area contributed by atoms with Crippen LogP contribution in [0, 0.1) is 20.8 Å². The van der Waals surface area contributed by atoms with Gasteiger partial charge in [-0.05, 0) is 70.7 Å². The molecule has 0 aliphatic carbocycles. The van der Waals surface area contributed by atoms with E-state index in [0.29, 0.717) is 13.2 Å². The highest BCUT2D eigenvalue weighted by Gasteiger charge is 2.15. The number of nitrogens with one attached hydrogen (secondary N) is 1. The van der Waals surface area contributed by atoms with Crippen LogP contribution in [0.5, 0.6) is 5.75 Å². The Morgan fingerprint density at radius 2 is 1.86 bits per heavy atom. The first kappa shape index (κ1) is 18.5. The van der Waals surface area contributed by atoms with E-state index in [1.165, 1.54) is 5.56 Å². The molecule has 22 heavy (non-hydrogen) atoms. The van der Waals surface area contributed by atoms with Gasteiger partial charge in [0.15, 0.2) is 6.10 Å². The third-order valence-corrected chi connectivity index (χ3v) is 3.51. The van der Waals surface area contributed by atoms with Crippen molar-refractivity contribution < 1.29 is 14.3 Å². The molecule has 0 heterocycles. The summed E-state index contributed by atoms with van der Waals surface area (Å²) in [7, 11) is 0. The maximum Gasteiger partial charge on any atom is 0.260 e. The molecule has 124 valence electrons. The van der Waals surface area contributed by atoms with Gasteiger partial charge in [0, 0.05) is 13.2 Å². The molecule has 1 atom stereocenters. The second-order valence-electron chi connectivity index (χ2n) is 6.03. The predicted octanol–water partition coefficient (Wildman–Crippen LogP) is 3.31. The molecule has 1 aromatic carbocycles. The monoisotopic (exact) mass is 307 g/mol. The van der Waals surface area contributed by atoms with Crippen molar-refractivity contribution in [1.29, 1.82) is 0 Å². The third kappa shape index (κ3) is 6.06. The summed E-state index contributed by atoms with van der Waals surface area (Å²) in [5, 5.41) is 2.88. The Labute approximate surface area is 134 Å². The van der Waals surface area contributed by atoms with Crippen LogP contribution >= 0.6 is 0 Å². The molecule has 1 rings (SSSR count). The second-order valence-corrected chi connectivity index (χ2v) is 6.03. The summed E-state index contributed by atoms with van der Waals surface area (Å²) < 4.78 is 11.3. The van der Waals surface area contributed by atoms with Gasteiger partial charge >= 0.3 is 0 Å². The first-order chi connectivity index (χ1) is 10.3. The normalized spacial score (nSPS) is 12.3. The molecular formula is C18H29NO3. The number of carbonyl (C=O) groups is 1. The number of amides is 1. The van der Waals surface area contributed by atoms with E-state index in [2.05, 4.69) is 18.3 Å². The molecule has 4 heteroatoms. The van der Waals surface area contributed by atoms with E-state index in [4.69, 9.17) is 9.47 Å². The highest BCUT2D eigenvalue weighted by atomic mass is 16.5. The molecule has 0 aromatic heterocycles. The van der Waals surface area contributed by atoms with Crippen LogP contribution in [0.15, 0.2) is 12.1 Å². The van der Waals surface area contributed by atoms with Gasteiger partial charge in [0.2, 0.25) is 0 Å².